The summed E-state index contributed by atoms with van der Waals surface area (Å²) in [6.45, 7) is 5.48. The zero-order valence-corrected chi connectivity index (χ0v) is 8.96. The van der Waals surface area contributed by atoms with E-state index in [1.807, 2.05) is 6.92 Å². The number of hydrogen-bond acceptors (Lipinski definition) is 3. The quantitative estimate of drug-likeness (QED) is 0.345. The average Bonchev–Trinajstić information content (AvgIpc) is 2.94. The van der Waals surface area contributed by atoms with E-state index in [0.717, 1.165) is 32.3 Å². The highest BCUT2D eigenvalue weighted by Gasteiger charge is 2.28. The summed E-state index contributed by atoms with van der Waals surface area (Å²) in [6.07, 6.45) is 3.27. The van der Waals surface area contributed by atoms with Gasteiger partial charge in [-0.25, -0.2) is 0 Å². The Bertz CT molecular complexity index is 180. The molecule has 14 heavy (non-hydrogen) atoms. The molecule has 0 radical (unpaired) electrons. The number of hydrogen-bond donors (Lipinski definition) is 2. The second-order valence-corrected chi connectivity index (χ2v) is 3.74. The van der Waals surface area contributed by atoms with Crippen molar-refractivity contribution in [3.63, 3.8) is 0 Å². The van der Waals surface area contributed by atoms with E-state index in [1.165, 1.54) is 12.8 Å². The number of rotatable bonds is 8. The highest BCUT2D eigenvalue weighted by Crippen LogP contribution is 2.26. The van der Waals surface area contributed by atoms with Crippen molar-refractivity contribution in [2.24, 2.45) is 5.73 Å². The Morgan fingerprint density at radius 1 is 1.50 bits per heavy atom. The van der Waals surface area contributed by atoms with Gasteiger partial charge in [0, 0.05) is 32.2 Å². The van der Waals surface area contributed by atoms with Gasteiger partial charge in [0.1, 0.15) is 0 Å². The summed E-state index contributed by atoms with van der Waals surface area (Å²) in [5.41, 5.74) is 5.34. The van der Waals surface area contributed by atoms with Gasteiger partial charge in [0.2, 0.25) is 0 Å². The molecule has 0 aromatic carbocycles. The number of nitrogens with zero attached hydrogens (tertiary/aromatic N) is 1. The molecular formula is C10H21N3O. The van der Waals surface area contributed by atoms with Crippen LogP contribution >= 0.6 is 0 Å². The van der Waals surface area contributed by atoms with Gasteiger partial charge in [-0.2, -0.15) is 0 Å². The molecule has 1 rings (SSSR count). The van der Waals surface area contributed by atoms with E-state index in [2.05, 4.69) is 4.90 Å². The molecule has 0 amide bonds. The van der Waals surface area contributed by atoms with Gasteiger partial charge in [-0.15, -0.1) is 0 Å². The molecule has 4 heteroatoms. The van der Waals surface area contributed by atoms with E-state index in [4.69, 9.17) is 15.9 Å². The van der Waals surface area contributed by atoms with Crippen LogP contribution in [-0.2, 0) is 4.74 Å². The first-order valence-corrected chi connectivity index (χ1v) is 5.38. The SMILES string of the molecule is CCOCCN(CCC(=N)N)C1CC1. The second-order valence-electron chi connectivity index (χ2n) is 3.74. The fourth-order valence-corrected chi connectivity index (χ4v) is 1.51. The Balaban J connectivity index is 2.14. The normalized spacial score (nSPS) is 16.1. The van der Waals surface area contributed by atoms with Crippen LogP contribution in [0.3, 0.4) is 0 Å². The Hall–Kier alpha value is -0.610. The third-order valence-electron chi connectivity index (χ3n) is 2.46. The lowest BCUT2D eigenvalue weighted by Crippen LogP contribution is -2.33. The molecule has 4 nitrogen and oxygen atoms in total. The van der Waals surface area contributed by atoms with Crippen LogP contribution in [0.5, 0.6) is 0 Å². The van der Waals surface area contributed by atoms with Crippen LogP contribution in [0.2, 0.25) is 0 Å². The zero-order valence-electron chi connectivity index (χ0n) is 8.96. The highest BCUT2D eigenvalue weighted by atomic mass is 16.5. The molecule has 0 heterocycles. The fraction of sp³-hybridized carbons (Fsp3) is 0.900. The first kappa shape index (κ1) is 11.5. The molecule has 82 valence electrons. The van der Waals surface area contributed by atoms with Crippen molar-refractivity contribution in [3.8, 4) is 0 Å². The first-order valence-electron chi connectivity index (χ1n) is 5.38. The molecule has 0 saturated heterocycles. The third kappa shape index (κ3) is 4.58. The van der Waals surface area contributed by atoms with E-state index in [0.29, 0.717) is 6.42 Å². The monoisotopic (exact) mass is 199 g/mol. The van der Waals surface area contributed by atoms with Crippen LogP contribution in [-0.4, -0.2) is 43.1 Å². The van der Waals surface area contributed by atoms with Gasteiger partial charge >= 0.3 is 0 Å². The van der Waals surface area contributed by atoms with Crippen LogP contribution in [0.25, 0.3) is 0 Å². The topological polar surface area (TPSA) is 62.3 Å². The highest BCUT2D eigenvalue weighted by molar-refractivity contribution is 5.76. The lowest BCUT2D eigenvalue weighted by Gasteiger charge is -2.21. The van der Waals surface area contributed by atoms with Crippen molar-refractivity contribution < 1.29 is 4.74 Å². The van der Waals surface area contributed by atoms with Crippen molar-refractivity contribution in [2.45, 2.75) is 32.2 Å². The van der Waals surface area contributed by atoms with Crippen molar-refractivity contribution in [2.75, 3.05) is 26.3 Å². The van der Waals surface area contributed by atoms with Crippen LogP contribution in [0.15, 0.2) is 0 Å². The molecular weight excluding hydrogens is 178 g/mol. The van der Waals surface area contributed by atoms with Gasteiger partial charge in [-0.1, -0.05) is 0 Å². The van der Waals surface area contributed by atoms with E-state index >= 15 is 0 Å². The van der Waals surface area contributed by atoms with Crippen LogP contribution in [0, 0.1) is 5.41 Å². The molecule has 0 unspecified atom stereocenters. The maximum atomic E-state index is 7.18. The van der Waals surface area contributed by atoms with E-state index < -0.39 is 0 Å². The summed E-state index contributed by atoms with van der Waals surface area (Å²) < 4.78 is 5.32. The predicted octanol–water partition coefficient (Wildman–Crippen LogP) is 0.813. The molecule has 1 aliphatic carbocycles. The van der Waals surface area contributed by atoms with Crippen molar-refractivity contribution >= 4 is 5.84 Å². The number of nitrogens with one attached hydrogen (secondary N) is 1. The first-order chi connectivity index (χ1) is 6.74. The molecule has 0 bridgehead atoms. The summed E-state index contributed by atoms with van der Waals surface area (Å²) in [7, 11) is 0. The maximum absolute atomic E-state index is 7.18. The maximum Gasteiger partial charge on any atom is 0.0918 e. The summed E-state index contributed by atoms with van der Waals surface area (Å²) in [5.74, 6) is 0.284. The summed E-state index contributed by atoms with van der Waals surface area (Å²) >= 11 is 0. The summed E-state index contributed by atoms with van der Waals surface area (Å²) in [6, 6.07) is 0.731. The number of ether oxygens (including phenoxy) is 1. The smallest absolute Gasteiger partial charge is 0.0918 e. The van der Waals surface area contributed by atoms with Gasteiger partial charge in [0.25, 0.3) is 0 Å². The summed E-state index contributed by atoms with van der Waals surface area (Å²) in [4.78, 5) is 2.39. The Morgan fingerprint density at radius 2 is 2.21 bits per heavy atom. The van der Waals surface area contributed by atoms with E-state index in [9.17, 15) is 0 Å². The average molecular weight is 199 g/mol. The fourth-order valence-electron chi connectivity index (χ4n) is 1.51. The molecule has 1 fully saturated rings. The van der Waals surface area contributed by atoms with Crippen LogP contribution in [0.4, 0.5) is 0 Å². The molecule has 0 aromatic heterocycles. The Kier molecular flexibility index (Phi) is 4.90. The molecule has 0 aromatic rings. The van der Waals surface area contributed by atoms with Gasteiger partial charge < -0.3 is 10.5 Å². The molecule has 0 aliphatic heterocycles. The van der Waals surface area contributed by atoms with E-state index in [1.54, 1.807) is 0 Å². The van der Waals surface area contributed by atoms with Crippen LogP contribution in [0.1, 0.15) is 26.2 Å². The molecule has 0 spiro atoms. The van der Waals surface area contributed by atoms with Gasteiger partial charge in [0.05, 0.1) is 12.4 Å². The van der Waals surface area contributed by atoms with E-state index in [-0.39, 0.29) is 5.84 Å². The Morgan fingerprint density at radius 3 is 2.71 bits per heavy atom. The minimum absolute atomic E-state index is 0.284. The van der Waals surface area contributed by atoms with Gasteiger partial charge in [-0.05, 0) is 19.8 Å². The standard InChI is InChI=1S/C10H21N3O/c1-2-14-8-7-13(9-3-4-9)6-5-10(11)12/h9H,2-8H2,1H3,(H3,11,12). The number of nitrogens with two attached hydrogens (primary N) is 1. The molecule has 3 N–H and O–H groups in total. The zero-order chi connectivity index (χ0) is 10.4. The second kappa shape index (κ2) is 5.98. The molecule has 1 aliphatic rings. The molecule has 1 saturated carbocycles. The lowest BCUT2D eigenvalue weighted by atomic mass is 10.3. The van der Waals surface area contributed by atoms with Crippen molar-refractivity contribution in [1.29, 1.82) is 5.41 Å². The van der Waals surface area contributed by atoms with Crippen LogP contribution < -0.4 is 5.73 Å². The minimum atomic E-state index is 0.284. The predicted molar refractivity (Wildman–Crippen MR) is 57.6 cm³/mol. The molecule has 0 atom stereocenters. The minimum Gasteiger partial charge on any atom is -0.388 e. The number of amidine groups is 1. The van der Waals surface area contributed by atoms with Crippen molar-refractivity contribution in [3.05, 3.63) is 0 Å². The largest absolute Gasteiger partial charge is 0.388 e. The van der Waals surface area contributed by atoms with Crippen molar-refractivity contribution in [1.82, 2.24) is 4.90 Å². The third-order valence-corrected chi connectivity index (χ3v) is 2.46. The van der Waals surface area contributed by atoms with Gasteiger partial charge in [-0.3, -0.25) is 10.3 Å². The lowest BCUT2D eigenvalue weighted by molar-refractivity contribution is 0.111. The Labute approximate surface area is 85.9 Å². The summed E-state index contributed by atoms with van der Waals surface area (Å²) in [5, 5.41) is 7.18. The van der Waals surface area contributed by atoms with Gasteiger partial charge in [0.15, 0.2) is 0 Å².